The number of benzene rings is 1. The molecular weight excluding hydrogens is 370 g/mol. The Morgan fingerprint density at radius 3 is 2.57 bits per heavy atom. The van der Waals surface area contributed by atoms with E-state index in [1.54, 1.807) is 12.1 Å². The molecule has 3 N–H and O–H groups in total. The quantitative estimate of drug-likeness (QED) is 0.324. The lowest BCUT2D eigenvalue weighted by Crippen LogP contribution is -2.48. The van der Waals surface area contributed by atoms with Gasteiger partial charge in [0.15, 0.2) is 17.6 Å². The van der Waals surface area contributed by atoms with Gasteiger partial charge in [-0.15, -0.1) is 0 Å². The molecule has 1 aromatic rings. The summed E-state index contributed by atoms with van der Waals surface area (Å²) in [6.45, 7) is 1.89. The first-order valence-corrected chi connectivity index (χ1v) is 9.03. The van der Waals surface area contributed by atoms with Crippen LogP contribution in [-0.4, -0.2) is 54.7 Å². The van der Waals surface area contributed by atoms with Crippen molar-refractivity contribution in [2.45, 2.75) is 24.7 Å². The van der Waals surface area contributed by atoms with E-state index in [2.05, 4.69) is 15.5 Å². The number of fused-ring (bicyclic) bond motifs is 1. The van der Waals surface area contributed by atoms with Crippen molar-refractivity contribution >= 4 is 23.0 Å². The Morgan fingerprint density at radius 2 is 1.93 bits per heavy atom. The molecule has 4 rings (SSSR count). The smallest absolute Gasteiger partial charge is 0.283 e. The number of nitrogens with two attached hydrogens (primary N) is 1. The summed E-state index contributed by atoms with van der Waals surface area (Å²) < 4.78 is 12.1. The third kappa shape index (κ3) is 3.39. The molecule has 1 amide bonds. The van der Waals surface area contributed by atoms with Crippen molar-refractivity contribution in [3.05, 3.63) is 34.4 Å². The van der Waals surface area contributed by atoms with Crippen LogP contribution >= 0.6 is 0 Å². The molecule has 3 aliphatic rings. The monoisotopic (exact) mass is 391 g/mol. The number of hydrogen-bond acceptors (Lipinski definition) is 9. The average Bonchev–Trinajstić information content (AvgIpc) is 3.06. The summed E-state index contributed by atoms with van der Waals surface area (Å²) in [7, 11) is 0. The van der Waals surface area contributed by atoms with Gasteiger partial charge in [-0.25, -0.2) is 5.84 Å². The maximum Gasteiger partial charge on any atom is 0.283 e. The number of hydrazine groups is 1. The Morgan fingerprint density at radius 1 is 1.25 bits per heavy atom. The molecule has 0 saturated carbocycles. The summed E-state index contributed by atoms with van der Waals surface area (Å²) in [6.07, 6.45) is 0.872. The van der Waals surface area contributed by atoms with E-state index in [0.717, 1.165) is 5.69 Å². The highest BCUT2D eigenvalue weighted by Crippen LogP contribution is 2.35. The van der Waals surface area contributed by atoms with E-state index in [9.17, 15) is 14.9 Å². The topological polar surface area (TPSA) is 142 Å². The van der Waals surface area contributed by atoms with Crippen molar-refractivity contribution in [3.63, 3.8) is 0 Å². The van der Waals surface area contributed by atoms with E-state index in [1.807, 2.05) is 0 Å². The molecular formula is C17H21N5O6. The summed E-state index contributed by atoms with van der Waals surface area (Å²) in [4.78, 5) is 29.7. The van der Waals surface area contributed by atoms with Crippen LogP contribution in [0, 0.1) is 16.0 Å². The molecule has 2 saturated heterocycles. The van der Waals surface area contributed by atoms with Gasteiger partial charge in [0.2, 0.25) is 0 Å². The fourth-order valence-corrected chi connectivity index (χ4v) is 3.76. The largest absolute Gasteiger partial charge is 0.389 e. The van der Waals surface area contributed by atoms with Crippen LogP contribution in [0.5, 0.6) is 0 Å². The van der Waals surface area contributed by atoms with E-state index < -0.39 is 16.6 Å². The number of rotatable bonds is 3. The first-order chi connectivity index (χ1) is 13.5. The lowest BCUT2D eigenvalue weighted by molar-refractivity contribution is -0.384. The molecule has 3 aliphatic heterocycles. The number of carbonyl (C=O) groups is 1. The van der Waals surface area contributed by atoms with Crippen LogP contribution < -0.4 is 16.2 Å². The highest BCUT2D eigenvalue weighted by atomic mass is 16.7. The van der Waals surface area contributed by atoms with E-state index in [0.29, 0.717) is 25.9 Å². The van der Waals surface area contributed by atoms with E-state index in [1.165, 1.54) is 12.1 Å². The highest BCUT2D eigenvalue weighted by molar-refractivity contribution is 6.39. The predicted molar refractivity (Wildman–Crippen MR) is 97.3 cm³/mol. The Balaban J connectivity index is 1.38. The van der Waals surface area contributed by atoms with Crippen LogP contribution in [0.3, 0.4) is 0 Å². The second kappa shape index (κ2) is 7.34. The third-order valence-corrected chi connectivity index (χ3v) is 5.44. The van der Waals surface area contributed by atoms with Crippen LogP contribution in [0.4, 0.5) is 11.4 Å². The summed E-state index contributed by atoms with van der Waals surface area (Å²) in [5.41, 5.74) is 3.28. The normalized spacial score (nSPS) is 26.0. The molecule has 0 aliphatic carbocycles. The molecule has 0 radical (unpaired) electrons. The zero-order chi connectivity index (χ0) is 19.7. The maximum atomic E-state index is 11.8. The number of ether oxygens (including phenoxy) is 2. The van der Waals surface area contributed by atoms with Crippen LogP contribution in [0.2, 0.25) is 0 Å². The van der Waals surface area contributed by atoms with Crippen molar-refractivity contribution in [1.82, 2.24) is 5.43 Å². The van der Waals surface area contributed by atoms with Crippen LogP contribution in [0.1, 0.15) is 12.8 Å². The lowest BCUT2D eigenvalue weighted by Gasteiger charge is -2.41. The molecule has 1 spiro atoms. The lowest BCUT2D eigenvalue weighted by atomic mass is 9.98. The number of nitrogens with one attached hydrogen (secondary N) is 1. The van der Waals surface area contributed by atoms with Crippen molar-refractivity contribution in [2.75, 3.05) is 31.2 Å². The summed E-state index contributed by atoms with van der Waals surface area (Å²) >= 11 is 0. The molecule has 0 aromatic heterocycles. The Labute approximate surface area is 160 Å². The fourth-order valence-electron chi connectivity index (χ4n) is 3.76. The number of nitro groups is 1. The first kappa shape index (κ1) is 18.6. The Hall–Kier alpha value is -2.76. The van der Waals surface area contributed by atoms with Crippen LogP contribution in [0.15, 0.2) is 29.4 Å². The zero-order valence-electron chi connectivity index (χ0n) is 15.1. The second-order valence-corrected chi connectivity index (χ2v) is 6.99. The summed E-state index contributed by atoms with van der Waals surface area (Å²) in [6, 6.07) is 6.50. The molecule has 150 valence electrons. The van der Waals surface area contributed by atoms with Crippen molar-refractivity contribution in [1.29, 1.82) is 0 Å². The summed E-state index contributed by atoms with van der Waals surface area (Å²) in [5.74, 6) is 3.64. The van der Waals surface area contributed by atoms with Gasteiger partial charge in [0.05, 0.1) is 24.1 Å². The number of hydrogen-bond donors (Lipinski definition) is 2. The minimum Gasteiger partial charge on any atom is -0.389 e. The summed E-state index contributed by atoms with van der Waals surface area (Å²) in [5, 5.41) is 14.6. The van der Waals surface area contributed by atoms with Crippen LogP contribution in [-0.2, 0) is 19.1 Å². The minimum absolute atomic E-state index is 0.0678. The molecule has 11 nitrogen and oxygen atoms in total. The molecule has 3 heterocycles. The number of non-ortho nitro benzene ring substituents is 1. The SMILES string of the molecule is NNC(=O)C1=NO[C@@H]2COC3(CCN(c4ccc([N+](=O)[O-])cc4)CC3)OC[C@@H]12. The van der Waals surface area contributed by atoms with Crippen molar-refractivity contribution in [3.8, 4) is 0 Å². The van der Waals surface area contributed by atoms with Gasteiger partial charge in [-0.2, -0.15) is 0 Å². The number of oxime groups is 1. The molecule has 11 heteroatoms. The number of nitro benzene ring substituents is 1. The molecule has 28 heavy (non-hydrogen) atoms. The maximum absolute atomic E-state index is 11.8. The highest BCUT2D eigenvalue weighted by Gasteiger charge is 2.47. The second-order valence-electron chi connectivity index (χ2n) is 6.99. The average molecular weight is 391 g/mol. The number of amides is 1. The first-order valence-electron chi connectivity index (χ1n) is 9.03. The molecule has 2 fully saturated rings. The zero-order valence-corrected chi connectivity index (χ0v) is 15.1. The van der Waals surface area contributed by atoms with Gasteiger partial charge in [0, 0.05) is 43.8 Å². The minimum atomic E-state index is -0.741. The number of nitrogens with zero attached hydrogens (tertiary/aromatic N) is 3. The van der Waals surface area contributed by atoms with E-state index >= 15 is 0 Å². The third-order valence-electron chi connectivity index (χ3n) is 5.44. The van der Waals surface area contributed by atoms with Gasteiger partial charge in [-0.3, -0.25) is 20.3 Å². The van der Waals surface area contributed by atoms with Crippen molar-refractivity contribution in [2.24, 2.45) is 16.9 Å². The Kier molecular flexibility index (Phi) is 4.87. The van der Waals surface area contributed by atoms with Crippen molar-refractivity contribution < 1.29 is 24.0 Å². The van der Waals surface area contributed by atoms with Gasteiger partial charge in [0.25, 0.3) is 11.6 Å². The number of piperidine rings is 1. The number of anilines is 1. The fraction of sp³-hybridized carbons (Fsp3) is 0.529. The molecule has 0 bridgehead atoms. The molecule has 1 aromatic carbocycles. The van der Waals surface area contributed by atoms with Gasteiger partial charge < -0.3 is 19.2 Å². The Bertz CT molecular complexity index is 790. The molecule has 2 atom stereocenters. The van der Waals surface area contributed by atoms with Gasteiger partial charge in [-0.1, -0.05) is 5.16 Å². The van der Waals surface area contributed by atoms with Gasteiger partial charge in [-0.05, 0) is 12.1 Å². The van der Waals surface area contributed by atoms with Gasteiger partial charge >= 0.3 is 0 Å². The van der Waals surface area contributed by atoms with E-state index in [4.69, 9.17) is 20.2 Å². The number of carbonyl (C=O) groups excluding carboxylic acids is 1. The van der Waals surface area contributed by atoms with Crippen LogP contribution in [0.25, 0.3) is 0 Å². The van der Waals surface area contributed by atoms with Gasteiger partial charge in [0.1, 0.15) is 0 Å². The molecule has 0 unspecified atom stereocenters. The standard InChI is InChI=1S/C17H21N5O6/c18-19-16(23)15-13-9-26-17(27-10-14(13)28-20-15)5-7-21(8-6-17)11-1-3-12(4-2-11)22(24)25/h1-4,13-14H,5-10,18H2,(H,19,23)/t13-,14-/m1/s1. The van der Waals surface area contributed by atoms with E-state index in [-0.39, 0.29) is 36.6 Å². The predicted octanol–water partition coefficient (Wildman–Crippen LogP) is 0.299.